The number of halogens is 3. The van der Waals surface area contributed by atoms with Crippen molar-refractivity contribution in [2.24, 2.45) is 5.92 Å². The molecule has 5 heteroatoms. The van der Waals surface area contributed by atoms with E-state index in [0.717, 1.165) is 24.6 Å². The standard InChI is InChI=1S/C14H18F3NS/c15-14(16,17)19-13-7-5-12(6-8-13)10-18-9-1-2-11-3-4-11/h5-8,11,18H,1-4,9-10H2. The summed E-state index contributed by atoms with van der Waals surface area (Å²) in [6, 6.07) is 6.56. The van der Waals surface area contributed by atoms with Gasteiger partial charge in [0.15, 0.2) is 0 Å². The van der Waals surface area contributed by atoms with Crippen LogP contribution in [-0.2, 0) is 6.54 Å². The number of nitrogens with one attached hydrogen (secondary N) is 1. The van der Waals surface area contributed by atoms with Gasteiger partial charge in [-0.1, -0.05) is 25.0 Å². The highest BCUT2D eigenvalue weighted by atomic mass is 32.2. The molecule has 0 aliphatic heterocycles. The zero-order valence-electron chi connectivity index (χ0n) is 10.7. The summed E-state index contributed by atoms with van der Waals surface area (Å²) in [4.78, 5) is 0.241. The van der Waals surface area contributed by atoms with E-state index in [-0.39, 0.29) is 16.7 Å². The third-order valence-corrected chi connectivity index (χ3v) is 3.89. The second-order valence-corrected chi connectivity index (χ2v) is 6.09. The van der Waals surface area contributed by atoms with Gasteiger partial charge in [0.05, 0.1) is 0 Å². The summed E-state index contributed by atoms with van der Waals surface area (Å²) in [7, 11) is 0. The first-order valence-corrected chi connectivity index (χ1v) is 7.40. The van der Waals surface area contributed by atoms with Gasteiger partial charge in [0.1, 0.15) is 0 Å². The summed E-state index contributed by atoms with van der Waals surface area (Å²) >= 11 is -0.0689. The monoisotopic (exact) mass is 289 g/mol. The molecule has 1 N–H and O–H groups in total. The number of thioether (sulfide) groups is 1. The first kappa shape index (κ1) is 14.7. The minimum Gasteiger partial charge on any atom is -0.313 e. The highest BCUT2D eigenvalue weighted by Gasteiger charge is 2.28. The lowest BCUT2D eigenvalue weighted by Gasteiger charge is -2.07. The maximum absolute atomic E-state index is 12.2. The van der Waals surface area contributed by atoms with Crippen LogP contribution >= 0.6 is 11.8 Å². The molecule has 0 bridgehead atoms. The van der Waals surface area contributed by atoms with Gasteiger partial charge in [0.2, 0.25) is 0 Å². The average molecular weight is 289 g/mol. The fraction of sp³-hybridized carbons (Fsp3) is 0.571. The van der Waals surface area contributed by atoms with Gasteiger partial charge in [0.25, 0.3) is 0 Å². The van der Waals surface area contributed by atoms with Gasteiger partial charge in [0, 0.05) is 11.4 Å². The number of benzene rings is 1. The van der Waals surface area contributed by atoms with Gasteiger partial charge in [-0.05, 0) is 54.8 Å². The van der Waals surface area contributed by atoms with Crippen LogP contribution in [-0.4, -0.2) is 12.1 Å². The van der Waals surface area contributed by atoms with Crippen molar-refractivity contribution in [3.8, 4) is 0 Å². The van der Waals surface area contributed by atoms with Crippen molar-refractivity contribution in [2.75, 3.05) is 6.54 Å². The van der Waals surface area contributed by atoms with E-state index in [4.69, 9.17) is 0 Å². The molecule has 106 valence electrons. The first-order chi connectivity index (χ1) is 9.03. The second kappa shape index (κ2) is 6.66. The van der Waals surface area contributed by atoms with Crippen molar-refractivity contribution < 1.29 is 13.2 Å². The van der Waals surface area contributed by atoms with Crippen LogP contribution < -0.4 is 5.32 Å². The lowest BCUT2D eigenvalue weighted by atomic mass is 10.2. The van der Waals surface area contributed by atoms with Crippen molar-refractivity contribution in [3.05, 3.63) is 29.8 Å². The Hall–Kier alpha value is -0.680. The molecule has 0 unspecified atom stereocenters. The molecule has 0 radical (unpaired) electrons. The van der Waals surface area contributed by atoms with Crippen LogP contribution in [0.1, 0.15) is 31.2 Å². The molecule has 0 atom stereocenters. The third-order valence-electron chi connectivity index (χ3n) is 3.15. The summed E-state index contributed by atoms with van der Waals surface area (Å²) in [5, 5.41) is 3.32. The van der Waals surface area contributed by atoms with E-state index in [2.05, 4.69) is 5.32 Å². The van der Waals surface area contributed by atoms with Crippen molar-refractivity contribution in [3.63, 3.8) is 0 Å². The second-order valence-electron chi connectivity index (χ2n) is 4.95. The molecule has 2 rings (SSSR count). The van der Waals surface area contributed by atoms with Gasteiger partial charge < -0.3 is 5.32 Å². The zero-order valence-corrected chi connectivity index (χ0v) is 11.5. The van der Waals surface area contributed by atoms with Crippen molar-refractivity contribution in [1.82, 2.24) is 5.32 Å². The minimum absolute atomic E-state index is 0.0689. The molecule has 1 saturated carbocycles. The highest BCUT2D eigenvalue weighted by molar-refractivity contribution is 8.00. The largest absolute Gasteiger partial charge is 0.446 e. The third kappa shape index (κ3) is 6.34. The fourth-order valence-corrected chi connectivity index (χ4v) is 2.50. The molecule has 0 heterocycles. The van der Waals surface area contributed by atoms with E-state index in [9.17, 15) is 13.2 Å². The molecular weight excluding hydrogens is 271 g/mol. The Kier molecular flexibility index (Phi) is 5.16. The summed E-state index contributed by atoms with van der Waals surface area (Å²) in [5.74, 6) is 0.959. The van der Waals surface area contributed by atoms with Crippen LogP contribution in [0, 0.1) is 5.92 Å². The number of hydrogen-bond acceptors (Lipinski definition) is 2. The van der Waals surface area contributed by atoms with E-state index < -0.39 is 5.51 Å². The first-order valence-electron chi connectivity index (χ1n) is 6.58. The van der Waals surface area contributed by atoms with Crippen LogP contribution in [0.2, 0.25) is 0 Å². The van der Waals surface area contributed by atoms with Crippen molar-refractivity contribution in [2.45, 2.75) is 42.6 Å². The van der Waals surface area contributed by atoms with Crippen molar-refractivity contribution >= 4 is 11.8 Å². The lowest BCUT2D eigenvalue weighted by Crippen LogP contribution is -2.14. The Bertz CT molecular complexity index is 385. The molecule has 0 aromatic heterocycles. The molecule has 1 aliphatic rings. The Morgan fingerprint density at radius 1 is 1.16 bits per heavy atom. The number of alkyl halides is 3. The van der Waals surface area contributed by atoms with Crippen LogP contribution in [0.25, 0.3) is 0 Å². The topological polar surface area (TPSA) is 12.0 Å². The highest BCUT2D eigenvalue weighted by Crippen LogP contribution is 2.36. The fourth-order valence-electron chi connectivity index (χ4n) is 1.96. The van der Waals surface area contributed by atoms with Crippen molar-refractivity contribution in [1.29, 1.82) is 0 Å². The Balaban J connectivity index is 1.66. The Labute approximate surface area is 116 Å². The Morgan fingerprint density at radius 2 is 1.84 bits per heavy atom. The number of rotatable bonds is 7. The predicted octanol–water partition coefficient (Wildman–Crippen LogP) is 4.58. The lowest BCUT2D eigenvalue weighted by molar-refractivity contribution is -0.0328. The molecule has 19 heavy (non-hydrogen) atoms. The SMILES string of the molecule is FC(F)(F)Sc1ccc(CNCCCC2CC2)cc1. The molecule has 1 fully saturated rings. The van der Waals surface area contributed by atoms with Gasteiger partial charge in [-0.15, -0.1) is 0 Å². The van der Waals surface area contributed by atoms with E-state index in [1.165, 1.54) is 37.8 Å². The van der Waals surface area contributed by atoms with Crippen LogP contribution in [0.3, 0.4) is 0 Å². The van der Waals surface area contributed by atoms with Gasteiger partial charge >= 0.3 is 5.51 Å². The maximum atomic E-state index is 12.2. The van der Waals surface area contributed by atoms with Crippen LogP contribution in [0.5, 0.6) is 0 Å². The molecule has 1 aliphatic carbocycles. The maximum Gasteiger partial charge on any atom is 0.446 e. The van der Waals surface area contributed by atoms with Gasteiger partial charge in [-0.2, -0.15) is 13.2 Å². The van der Waals surface area contributed by atoms with Gasteiger partial charge in [-0.3, -0.25) is 0 Å². The van der Waals surface area contributed by atoms with E-state index in [1.807, 2.05) is 0 Å². The summed E-state index contributed by atoms with van der Waals surface area (Å²) in [6.45, 7) is 1.71. The van der Waals surface area contributed by atoms with E-state index in [1.54, 1.807) is 12.1 Å². The molecule has 0 spiro atoms. The molecule has 1 nitrogen and oxygen atoms in total. The quantitative estimate of drug-likeness (QED) is 0.582. The average Bonchev–Trinajstić information content (AvgIpc) is 3.13. The smallest absolute Gasteiger partial charge is 0.313 e. The summed E-state index contributed by atoms with van der Waals surface area (Å²) in [6.07, 6.45) is 5.26. The molecular formula is C14H18F3NS. The number of hydrogen-bond donors (Lipinski definition) is 1. The molecule has 1 aromatic rings. The predicted molar refractivity (Wildman–Crippen MR) is 72.0 cm³/mol. The van der Waals surface area contributed by atoms with Gasteiger partial charge in [-0.25, -0.2) is 0 Å². The normalized spacial score (nSPS) is 15.7. The summed E-state index contributed by atoms with van der Waals surface area (Å²) < 4.78 is 36.5. The minimum atomic E-state index is -4.21. The molecule has 0 amide bonds. The van der Waals surface area contributed by atoms with Crippen LogP contribution in [0.15, 0.2) is 29.2 Å². The molecule has 0 saturated heterocycles. The summed E-state index contributed by atoms with van der Waals surface area (Å²) in [5.41, 5.74) is -3.18. The van der Waals surface area contributed by atoms with Crippen LogP contribution in [0.4, 0.5) is 13.2 Å². The zero-order chi connectivity index (χ0) is 13.7. The van der Waals surface area contributed by atoms with E-state index in [0.29, 0.717) is 0 Å². The molecule has 1 aromatic carbocycles. The Morgan fingerprint density at radius 3 is 2.42 bits per heavy atom. The van der Waals surface area contributed by atoms with E-state index >= 15 is 0 Å².